The second kappa shape index (κ2) is 13.5. The standard InChI is InChI=1S/C30H39N3O4/c1-8-13-21(3)31-27(34)26(24-18-16-22(9-2)17-19-24)33(7)28(35)25(20-23-14-11-10-12-15-23)32-29(36)37-30(4,5)6/h2,10-12,14-19,21,25-26H,8,13,20H2,1,3-7H3,(H,31,34)(H,32,36). The maximum atomic E-state index is 13.8. The average molecular weight is 506 g/mol. The van der Waals surface area contributed by atoms with Crippen molar-refractivity contribution in [3.63, 3.8) is 0 Å². The third-order valence-corrected chi connectivity index (χ3v) is 5.76. The Bertz CT molecular complexity index is 1080. The molecule has 2 aromatic carbocycles. The van der Waals surface area contributed by atoms with Crippen LogP contribution in [0, 0.1) is 12.3 Å². The number of hydrogen-bond donors (Lipinski definition) is 2. The van der Waals surface area contributed by atoms with Crippen LogP contribution < -0.4 is 10.6 Å². The summed E-state index contributed by atoms with van der Waals surface area (Å²) in [4.78, 5) is 41.3. The average Bonchev–Trinajstić information content (AvgIpc) is 2.83. The van der Waals surface area contributed by atoms with Crippen molar-refractivity contribution in [1.82, 2.24) is 15.5 Å². The first-order chi connectivity index (χ1) is 17.4. The molecule has 2 aromatic rings. The van der Waals surface area contributed by atoms with Gasteiger partial charge in [-0.15, -0.1) is 6.42 Å². The second-order valence-corrected chi connectivity index (χ2v) is 10.2. The molecule has 0 radical (unpaired) electrons. The fourth-order valence-electron chi connectivity index (χ4n) is 4.01. The molecule has 0 spiro atoms. The molecule has 3 amide bonds. The Morgan fingerprint density at radius 1 is 1.03 bits per heavy atom. The Morgan fingerprint density at radius 3 is 2.19 bits per heavy atom. The monoisotopic (exact) mass is 505 g/mol. The zero-order chi connectivity index (χ0) is 27.6. The number of amides is 3. The van der Waals surface area contributed by atoms with Gasteiger partial charge in [-0.05, 0) is 57.4 Å². The number of nitrogens with one attached hydrogen (secondary N) is 2. The van der Waals surface area contributed by atoms with Crippen LogP contribution in [0.4, 0.5) is 4.79 Å². The number of carbonyl (C=O) groups excluding carboxylic acids is 3. The molecular formula is C30H39N3O4. The molecule has 2 rings (SSSR count). The first kappa shape index (κ1) is 29.4. The van der Waals surface area contributed by atoms with Gasteiger partial charge in [0.25, 0.3) is 0 Å². The van der Waals surface area contributed by atoms with Gasteiger partial charge in [0.2, 0.25) is 11.8 Å². The fraction of sp³-hybridized carbons (Fsp3) is 0.433. The highest BCUT2D eigenvalue weighted by atomic mass is 16.6. The number of carbonyl (C=O) groups is 3. The largest absolute Gasteiger partial charge is 0.444 e. The van der Waals surface area contributed by atoms with Gasteiger partial charge in [0.1, 0.15) is 17.7 Å². The van der Waals surface area contributed by atoms with Gasteiger partial charge < -0.3 is 20.3 Å². The van der Waals surface area contributed by atoms with Gasteiger partial charge in [0, 0.05) is 25.1 Å². The molecule has 3 atom stereocenters. The maximum Gasteiger partial charge on any atom is 0.408 e. The normalized spacial score (nSPS) is 13.4. The van der Waals surface area contributed by atoms with Crippen molar-refractivity contribution in [2.75, 3.05) is 7.05 Å². The van der Waals surface area contributed by atoms with Gasteiger partial charge in [-0.3, -0.25) is 9.59 Å². The van der Waals surface area contributed by atoms with Crippen LogP contribution in [0.5, 0.6) is 0 Å². The zero-order valence-corrected chi connectivity index (χ0v) is 22.7. The molecule has 0 aromatic heterocycles. The molecule has 37 heavy (non-hydrogen) atoms. The summed E-state index contributed by atoms with van der Waals surface area (Å²) >= 11 is 0. The summed E-state index contributed by atoms with van der Waals surface area (Å²) in [5, 5.41) is 5.74. The van der Waals surface area contributed by atoms with Crippen molar-refractivity contribution >= 4 is 17.9 Å². The van der Waals surface area contributed by atoms with Crippen LogP contribution >= 0.6 is 0 Å². The van der Waals surface area contributed by atoms with E-state index in [0.29, 0.717) is 11.1 Å². The lowest BCUT2D eigenvalue weighted by atomic mass is 9.99. The maximum absolute atomic E-state index is 13.8. The van der Waals surface area contributed by atoms with Crippen molar-refractivity contribution in [2.24, 2.45) is 0 Å². The molecule has 2 N–H and O–H groups in total. The Hall–Kier alpha value is -3.79. The summed E-state index contributed by atoms with van der Waals surface area (Å²) < 4.78 is 5.41. The van der Waals surface area contributed by atoms with Crippen LogP contribution in [0.15, 0.2) is 54.6 Å². The molecule has 198 valence electrons. The van der Waals surface area contributed by atoms with Crippen LogP contribution in [-0.2, 0) is 20.7 Å². The van der Waals surface area contributed by atoms with Crippen molar-refractivity contribution < 1.29 is 19.1 Å². The molecule has 7 nitrogen and oxygen atoms in total. The topological polar surface area (TPSA) is 87.7 Å². The highest BCUT2D eigenvalue weighted by molar-refractivity contribution is 5.92. The van der Waals surface area contributed by atoms with Crippen molar-refractivity contribution in [2.45, 2.75) is 77.6 Å². The molecule has 0 fully saturated rings. The zero-order valence-electron chi connectivity index (χ0n) is 22.7. The molecule has 0 saturated heterocycles. The van der Waals surface area contributed by atoms with Crippen LogP contribution in [0.3, 0.4) is 0 Å². The van der Waals surface area contributed by atoms with Gasteiger partial charge in [-0.2, -0.15) is 0 Å². The lowest BCUT2D eigenvalue weighted by Gasteiger charge is -2.32. The predicted molar refractivity (Wildman–Crippen MR) is 146 cm³/mol. The Kier molecular flexibility index (Phi) is 10.7. The third kappa shape index (κ3) is 9.30. The number of rotatable bonds is 10. The van der Waals surface area contributed by atoms with Gasteiger partial charge in [-0.1, -0.05) is 61.7 Å². The van der Waals surface area contributed by atoms with E-state index in [-0.39, 0.29) is 18.4 Å². The van der Waals surface area contributed by atoms with Crippen LogP contribution in [0.25, 0.3) is 0 Å². The summed E-state index contributed by atoms with van der Waals surface area (Å²) in [5.41, 5.74) is 1.42. The Balaban J connectivity index is 2.40. The summed E-state index contributed by atoms with van der Waals surface area (Å²) in [5.74, 6) is 1.84. The summed E-state index contributed by atoms with van der Waals surface area (Å²) in [7, 11) is 1.57. The molecule has 0 heterocycles. The highest BCUT2D eigenvalue weighted by Crippen LogP contribution is 2.23. The first-order valence-electron chi connectivity index (χ1n) is 12.6. The van der Waals surface area contributed by atoms with E-state index in [2.05, 4.69) is 16.6 Å². The minimum atomic E-state index is -0.949. The molecule has 0 saturated carbocycles. The third-order valence-electron chi connectivity index (χ3n) is 5.76. The summed E-state index contributed by atoms with van der Waals surface area (Å²) in [6, 6.07) is 14.4. The summed E-state index contributed by atoms with van der Waals surface area (Å²) in [6.07, 6.45) is 6.76. The van der Waals surface area contributed by atoms with Crippen LogP contribution in [-0.4, -0.2) is 47.5 Å². The van der Waals surface area contributed by atoms with E-state index < -0.39 is 29.7 Å². The van der Waals surface area contributed by atoms with Gasteiger partial charge in [0.15, 0.2) is 0 Å². The fourth-order valence-corrected chi connectivity index (χ4v) is 4.01. The van der Waals surface area contributed by atoms with Gasteiger partial charge >= 0.3 is 6.09 Å². The molecular weight excluding hydrogens is 466 g/mol. The van der Waals surface area contributed by atoms with Crippen molar-refractivity contribution in [3.8, 4) is 12.3 Å². The number of alkyl carbamates (subject to hydrolysis) is 1. The highest BCUT2D eigenvalue weighted by Gasteiger charge is 2.34. The number of hydrogen-bond acceptors (Lipinski definition) is 4. The lowest BCUT2D eigenvalue weighted by Crippen LogP contribution is -2.53. The number of benzene rings is 2. The molecule has 3 unspecified atom stereocenters. The van der Waals surface area contributed by atoms with E-state index in [1.54, 1.807) is 52.1 Å². The van der Waals surface area contributed by atoms with E-state index in [1.807, 2.05) is 44.2 Å². The lowest BCUT2D eigenvalue weighted by molar-refractivity contribution is -0.141. The molecule has 0 bridgehead atoms. The SMILES string of the molecule is C#Cc1ccc(C(C(=O)NC(C)CCC)N(C)C(=O)C(Cc2ccccc2)NC(=O)OC(C)(C)C)cc1. The summed E-state index contributed by atoms with van der Waals surface area (Å²) in [6.45, 7) is 9.24. The minimum absolute atomic E-state index is 0.0616. The number of ether oxygens (including phenoxy) is 1. The minimum Gasteiger partial charge on any atom is -0.444 e. The van der Waals surface area contributed by atoms with E-state index in [1.165, 1.54) is 4.90 Å². The van der Waals surface area contributed by atoms with Crippen LogP contribution in [0.2, 0.25) is 0 Å². The number of likely N-dealkylation sites (N-methyl/N-ethyl adjacent to an activating group) is 1. The first-order valence-corrected chi connectivity index (χ1v) is 12.6. The molecule has 0 aliphatic rings. The van der Waals surface area contributed by atoms with Gasteiger partial charge in [-0.25, -0.2) is 4.79 Å². The molecule has 0 aliphatic carbocycles. The number of terminal acetylenes is 1. The number of nitrogens with zero attached hydrogens (tertiary/aromatic N) is 1. The predicted octanol–water partition coefficient (Wildman–Crippen LogP) is 4.61. The second-order valence-electron chi connectivity index (χ2n) is 10.2. The molecule has 0 aliphatic heterocycles. The van der Waals surface area contributed by atoms with E-state index in [4.69, 9.17) is 11.2 Å². The Morgan fingerprint density at radius 2 is 1.65 bits per heavy atom. The van der Waals surface area contributed by atoms with Crippen LogP contribution in [0.1, 0.15) is 70.2 Å². The van der Waals surface area contributed by atoms with E-state index in [0.717, 1.165) is 18.4 Å². The van der Waals surface area contributed by atoms with E-state index >= 15 is 0 Å². The van der Waals surface area contributed by atoms with E-state index in [9.17, 15) is 14.4 Å². The smallest absolute Gasteiger partial charge is 0.408 e. The van der Waals surface area contributed by atoms with Crippen molar-refractivity contribution in [3.05, 3.63) is 71.3 Å². The van der Waals surface area contributed by atoms with Gasteiger partial charge in [0.05, 0.1) is 0 Å². The molecule has 7 heteroatoms. The van der Waals surface area contributed by atoms with Crippen molar-refractivity contribution in [1.29, 1.82) is 0 Å². The Labute approximate surface area is 221 Å². The quantitative estimate of drug-likeness (QED) is 0.462.